The summed E-state index contributed by atoms with van der Waals surface area (Å²) >= 11 is 0. The van der Waals surface area contributed by atoms with Crippen LogP contribution in [0.25, 0.3) is 0 Å². The number of anilines is 1. The molecule has 180 valence electrons. The van der Waals surface area contributed by atoms with Gasteiger partial charge in [0.05, 0.1) is 21.7 Å². The smallest absolute Gasteiger partial charge is 0.270 e. The molecule has 0 fully saturated rings. The lowest BCUT2D eigenvalue weighted by Crippen LogP contribution is -2.37. The molecule has 3 aromatic carbocycles. The lowest BCUT2D eigenvalue weighted by molar-refractivity contribution is -0.117. The summed E-state index contributed by atoms with van der Waals surface area (Å²) in [6, 6.07) is 21.4. The molecule has 7 nitrogen and oxygen atoms in total. The second kappa shape index (κ2) is 10.2. The van der Waals surface area contributed by atoms with E-state index in [0.717, 1.165) is 9.87 Å². The van der Waals surface area contributed by atoms with Gasteiger partial charge in [-0.25, -0.2) is 12.7 Å². The summed E-state index contributed by atoms with van der Waals surface area (Å²) in [7, 11) is -4.08. The Bertz CT molecular complexity index is 1320. The predicted molar refractivity (Wildman–Crippen MR) is 133 cm³/mol. The van der Waals surface area contributed by atoms with Gasteiger partial charge < -0.3 is 0 Å². The van der Waals surface area contributed by atoms with Crippen LogP contribution in [-0.2, 0) is 14.8 Å². The Morgan fingerprint density at radius 1 is 0.771 bits per heavy atom. The van der Waals surface area contributed by atoms with Crippen LogP contribution in [-0.4, -0.2) is 37.6 Å². The van der Waals surface area contributed by atoms with Crippen LogP contribution < -0.4 is 4.31 Å². The maximum atomic E-state index is 13.4. The monoisotopic (exact) mass is 490 g/mol. The Morgan fingerprint density at radius 3 is 1.94 bits per heavy atom. The fourth-order valence-corrected chi connectivity index (χ4v) is 5.51. The number of rotatable bonds is 9. The number of hydrogen-bond acceptors (Lipinski definition) is 5. The molecule has 4 rings (SSSR count). The number of para-hydroxylation sites is 1. The fraction of sp³-hybridized carbons (Fsp3) is 0.222. The van der Waals surface area contributed by atoms with E-state index < -0.39 is 15.9 Å². The van der Waals surface area contributed by atoms with Crippen LogP contribution in [0.1, 0.15) is 52.0 Å². The number of aryl methyl sites for hydroxylation is 1. The van der Waals surface area contributed by atoms with E-state index in [0.29, 0.717) is 30.4 Å². The highest BCUT2D eigenvalue weighted by atomic mass is 32.2. The Morgan fingerprint density at radius 2 is 1.34 bits per heavy atom. The Labute approximate surface area is 205 Å². The van der Waals surface area contributed by atoms with Crippen LogP contribution in [0.4, 0.5) is 5.69 Å². The van der Waals surface area contributed by atoms with E-state index in [1.54, 1.807) is 66.7 Å². The van der Waals surface area contributed by atoms with Crippen LogP contribution >= 0.6 is 0 Å². The van der Waals surface area contributed by atoms with E-state index in [-0.39, 0.29) is 35.4 Å². The molecule has 0 aliphatic carbocycles. The first-order valence-corrected chi connectivity index (χ1v) is 12.9. The maximum Gasteiger partial charge on any atom is 0.270 e. The highest BCUT2D eigenvalue weighted by molar-refractivity contribution is 7.93. The van der Waals surface area contributed by atoms with Gasteiger partial charge in [0.2, 0.25) is 5.91 Å². The van der Waals surface area contributed by atoms with Crippen LogP contribution in [0, 0.1) is 6.92 Å². The molecule has 3 aromatic rings. The van der Waals surface area contributed by atoms with Gasteiger partial charge in [-0.05, 0) is 56.2 Å². The van der Waals surface area contributed by atoms with E-state index in [1.807, 2.05) is 6.92 Å². The number of imide groups is 1. The third-order valence-electron chi connectivity index (χ3n) is 5.93. The van der Waals surface area contributed by atoms with Crippen molar-refractivity contribution in [3.63, 3.8) is 0 Å². The number of amides is 3. The second-order valence-corrected chi connectivity index (χ2v) is 10.2. The van der Waals surface area contributed by atoms with Gasteiger partial charge in [0.1, 0.15) is 0 Å². The normalized spacial score (nSPS) is 13.1. The number of fused-ring (bicyclic) bond motifs is 1. The molecule has 0 saturated carbocycles. The average molecular weight is 491 g/mol. The fourth-order valence-electron chi connectivity index (χ4n) is 4.06. The topological polar surface area (TPSA) is 91.8 Å². The van der Waals surface area contributed by atoms with E-state index in [9.17, 15) is 22.8 Å². The van der Waals surface area contributed by atoms with E-state index in [4.69, 9.17) is 0 Å². The van der Waals surface area contributed by atoms with Gasteiger partial charge >= 0.3 is 0 Å². The second-order valence-electron chi connectivity index (χ2n) is 8.43. The quantitative estimate of drug-likeness (QED) is 0.324. The number of sulfonamides is 1. The van der Waals surface area contributed by atoms with Gasteiger partial charge in [-0.1, -0.05) is 54.4 Å². The first-order chi connectivity index (χ1) is 16.8. The minimum Gasteiger partial charge on any atom is -0.274 e. The SMILES string of the molecule is Cc1ccc(S(=O)(=O)N(C(=O)CCCCCN2C(=O)c3ccccc3C2=O)c2ccccc2)cc1. The molecule has 0 atom stereocenters. The maximum absolute atomic E-state index is 13.4. The molecule has 1 aliphatic rings. The molecule has 3 amide bonds. The minimum atomic E-state index is -4.08. The summed E-state index contributed by atoms with van der Waals surface area (Å²) in [6.45, 7) is 2.11. The van der Waals surface area contributed by atoms with Crippen molar-refractivity contribution in [3.8, 4) is 0 Å². The molecule has 1 aliphatic heterocycles. The number of hydrogen-bond donors (Lipinski definition) is 0. The van der Waals surface area contributed by atoms with Gasteiger partial charge in [-0.15, -0.1) is 0 Å². The molecular weight excluding hydrogens is 464 g/mol. The highest BCUT2D eigenvalue weighted by Crippen LogP contribution is 2.26. The summed E-state index contributed by atoms with van der Waals surface area (Å²) in [6.07, 6.45) is 1.53. The van der Waals surface area contributed by atoms with E-state index >= 15 is 0 Å². The molecule has 1 heterocycles. The third-order valence-corrected chi connectivity index (χ3v) is 7.69. The van der Waals surface area contributed by atoms with Gasteiger partial charge in [-0.2, -0.15) is 0 Å². The van der Waals surface area contributed by atoms with Crippen molar-refractivity contribution in [2.45, 2.75) is 37.5 Å². The summed E-state index contributed by atoms with van der Waals surface area (Å²) in [5, 5.41) is 0. The molecule has 0 N–H and O–H groups in total. The van der Waals surface area contributed by atoms with Crippen molar-refractivity contribution < 1.29 is 22.8 Å². The summed E-state index contributed by atoms with van der Waals surface area (Å²) in [5.74, 6) is -1.14. The summed E-state index contributed by atoms with van der Waals surface area (Å²) < 4.78 is 27.6. The Balaban J connectivity index is 1.39. The lowest BCUT2D eigenvalue weighted by Gasteiger charge is -2.23. The molecule has 8 heteroatoms. The molecular formula is C27H26N2O5S. The first kappa shape index (κ1) is 24.3. The molecule has 0 aromatic heterocycles. The summed E-state index contributed by atoms with van der Waals surface area (Å²) in [4.78, 5) is 39.3. The lowest BCUT2D eigenvalue weighted by atomic mass is 10.1. The largest absolute Gasteiger partial charge is 0.274 e. The van der Waals surface area contributed by atoms with Crippen molar-refractivity contribution in [1.82, 2.24) is 4.90 Å². The first-order valence-electron chi connectivity index (χ1n) is 11.5. The number of unbranched alkanes of at least 4 members (excludes halogenated alkanes) is 2. The van der Waals surface area contributed by atoms with Crippen molar-refractivity contribution in [2.24, 2.45) is 0 Å². The van der Waals surface area contributed by atoms with Crippen LogP contribution in [0.15, 0.2) is 83.8 Å². The van der Waals surface area contributed by atoms with Crippen LogP contribution in [0.5, 0.6) is 0 Å². The Kier molecular flexibility index (Phi) is 7.12. The summed E-state index contributed by atoms with van der Waals surface area (Å²) in [5.41, 5.74) is 2.02. The standard InChI is InChI=1S/C27H26N2O5S/c1-20-15-17-22(18-16-20)35(33,34)29(21-10-4-2-5-11-21)25(30)14-6-3-9-19-28-26(31)23-12-7-8-13-24(23)27(28)32/h2,4-5,7-8,10-13,15-18H,3,6,9,14,19H2,1H3. The van der Waals surface area contributed by atoms with Crippen molar-refractivity contribution in [3.05, 3.63) is 95.6 Å². The van der Waals surface area contributed by atoms with Gasteiger partial charge in [-0.3, -0.25) is 19.3 Å². The van der Waals surface area contributed by atoms with Crippen LogP contribution in [0.2, 0.25) is 0 Å². The number of carbonyl (C=O) groups is 3. The zero-order valence-corrected chi connectivity index (χ0v) is 20.2. The van der Waals surface area contributed by atoms with Crippen molar-refractivity contribution in [2.75, 3.05) is 10.8 Å². The average Bonchev–Trinajstić information content (AvgIpc) is 3.09. The molecule has 0 saturated heterocycles. The molecule has 0 unspecified atom stereocenters. The van der Waals surface area contributed by atoms with Gasteiger partial charge in [0.15, 0.2) is 0 Å². The Hall–Kier alpha value is -3.78. The zero-order valence-electron chi connectivity index (χ0n) is 19.4. The zero-order chi connectivity index (χ0) is 25.0. The number of carbonyl (C=O) groups excluding carboxylic acids is 3. The highest BCUT2D eigenvalue weighted by Gasteiger charge is 2.34. The van der Waals surface area contributed by atoms with E-state index in [1.165, 1.54) is 17.0 Å². The van der Waals surface area contributed by atoms with E-state index in [2.05, 4.69) is 0 Å². The number of nitrogens with zero attached hydrogens (tertiary/aromatic N) is 2. The van der Waals surface area contributed by atoms with Gasteiger partial charge in [0, 0.05) is 13.0 Å². The third kappa shape index (κ3) is 5.02. The molecule has 35 heavy (non-hydrogen) atoms. The van der Waals surface area contributed by atoms with Crippen molar-refractivity contribution >= 4 is 33.4 Å². The van der Waals surface area contributed by atoms with Gasteiger partial charge in [0.25, 0.3) is 21.8 Å². The molecule has 0 spiro atoms. The molecule has 0 bridgehead atoms. The molecule has 0 radical (unpaired) electrons. The number of benzene rings is 3. The minimum absolute atomic E-state index is 0.0160. The van der Waals surface area contributed by atoms with Crippen LogP contribution in [0.3, 0.4) is 0 Å². The predicted octanol–water partition coefficient (Wildman–Crippen LogP) is 4.57. The van der Waals surface area contributed by atoms with Crippen molar-refractivity contribution in [1.29, 1.82) is 0 Å².